The maximum atomic E-state index is 11.9. The molecule has 0 aliphatic heterocycles. The number of hydrogen-bond donors (Lipinski definition) is 0. The largest absolute Gasteiger partial charge is 0.465 e. The van der Waals surface area contributed by atoms with Crippen LogP contribution in [0.5, 0.6) is 0 Å². The number of hydrogen-bond acceptors (Lipinski definition) is 7. The van der Waals surface area contributed by atoms with E-state index in [1.54, 1.807) is 33.1 Å². The topological polar surface area (TPSA) is 82.6 Å². The van der Waals surface area contributed by atoms with Crippen LogP contribution in [0.3, 0.4) is 0 Å². The van der Waals surface area contributed by atoms with Gasteiger partial charge in [0.25, 0.3) is 0 Å². The Morgan fingerprint density at radius 3 is 2.62 bits per heavy atom. The minimum atomic E-state index is -0.783. The van der Waals surface area contributed by atoms with Gasteiger partial charge in [-0.15, -0.1) is 11.3 Å². The van der Waals surface area contributed by atoms with Crippen LogP contribution in [0.15, 0.2) is 5.38 Å². The summed E-state index contributed by atoms with van der Waals surface area (Å²) in [5.41, 5.74) is -0.266. The van der Waals surface area contributed by atoms with Crippen molar-refractivity contribution in [2.75, 3.05) is 6.61 Å². The highest BCUT2D eigenvalue weighted by atomic mass is 32.1. The second kappa shape index (κ2) is 7.31. The summed E-state index contributed by atoms with van der Waals surface area (Å²) in [6.07, 6.45) is 0.602. The molecule has 0 saturated carbocycles. The maximum absolute atomic E-state index is 11.9. The van der Waals surface area contributed by atoms with Gasteiger partial charge in [-0.25, -0.2) is 9.78 Å². The summed E-state index contributed by atoms with van der Waals surface area (Å²) in [4.78, 5) is 38.5. The van der Waals surface area contributed by atoms with Gasteiger partial charge >= 0.3 is 11.9 Å². The first-order valence-corrected chi connectivity index (χ1v) is 7.45. The van der Waals surface area contributed by atoms with Crippen molar-refractivity contribution in [3.8, 4) is 0 Å². The highest BCUT2D eigenvalue weighted by Crippen LogP contribution is 2.24. The second-order valence-corrected chi connectivity index (χ2v) is 6.14. The fourth-order valence-corrected chi connectivity index (χ4v) is 2.28. The zero-order chi connectivity index (χ0) is 16.0. The summed E-state index contributed by atoms with van der Waals surface area (Å²) in [5, 5.41) is 1.73. The molecule has 7 heteroatoms. The smallest absolute Gasteiger partial charge is 0.367 e. The highest BCUT2D eigenvalue weighted by Gasteiger charge is 2.27. The molecule has 0 fully saturated rings. The lowest BCUT2D eigenvalue weighted by Crippen LogP contribution is -2.24. The molecule has 1 atom stereocenters. The van der Waals surface area contributed by atoms with E-state index >= 15 is 0 Å². The highest BCUT2D eigenvalue weighted by molar-refractivity contribution is 7.11. The number of ether oxygens (including phenoxy) is 2. The summed E-state index contributed by atoms with van der Waals surface area (Å²) in [6.45, 7) is 7.17. The molecule has 0 amide bonds. The molecule has 116 valence electrons. The Labute approximate surface area is 127 Å². The quantitative estimate of drug-likeness (QED) is 0.592. The van der Waals surface area contributed by atoms with Crippen LogP contribution in [0.2, 0.25) is 0 Å². The van der Waals surface area contributed by atoms with E-state index in [0.29, 0.717) is 12.0 Å². The Morgan fingerprint density at radius 2 is 2.10 bits per heavy atom. The standard InChI is InChI=1S/C14H19NO5S/c1-5-19-12(17)9(6-7-16)10-8-21-11(15-10)13(18)20-14(2,3)4/h7-9H,5-6H2,1-4H3. The first kappa shape index (κ1) is 17.3. The van der Waals surface area contributed by atoms with Gasteiger partial charge in [0, 0.05) is 11.8 Å². The molecule has 0 spiro atoms. The van der Waals surface area contributed by atoms with E-state index < -0.39 is 23.5 Å². The molecule has 0 bridgehead atoms. The van der Waals surface area contributed by atoms with Crippen LogP contribution in [0.1, 0.15) is 55.5 Å². The number of aldehydes is 1. The maximum Gasteiger partial charge on any atom is 0.367 e. The van der Waals surface area contributed by atoms with Crippen molar-refractivity contribution >= 4 is 29.6 Å². The summed E-state index contributed by atoms with van der Waals surface area (Å²) >= 11 is 1.08. The number of rotatable bonds is 6. The molecule has 6 nitrogen and oxygen atoms in total. The van der Waals surface area contributed by atoms with E-state index in [1.807, 2.05) is 0 Å². The molecule has 0 aromatic carbocycles. The Balaban J connectivity index is 2.91. The first-order chi connectivity index (χ1) is 9.78. The van der Waals surface area contributed by atoms with Gasteiger partial charge in [0.2, 0.25) is 5.01 Å². The molecule has 1 unspecified atom stereocenters. The molecular weight excluding hydrogens is 294 g/mol. The Bertz CT molecular complexity index is 518. The van der Waals surface area contributed by atoms with E-state index in [4.69, 9.17) is 9.47 Å². The minimum absolute atomic E-state index is 0.0314. The zero-order valence-electron chi connectivity index (χ0n) is 12.5. The second-order valence-electron chi connectivity index (χ2n) is 5.29. The average Bonchev–Trinajstić information content (AvgIpc) is 2.83. The molecule has 21 heavy (non-hydrogen) atoms. The normalized spacial score (nSPS) is 12.6. The Hall–Kier alpha value is -1.76. The lowest BCUT2D eigenvalue weighted by molar-refractivity contribution is -0.145. The Morgan fingerprint density at radius 1 is 1.43 bits per heavy atom. The summed E-state index contributed by atoms with van der Waals surface area (Å²) < 4.78 is 10.1. The number of nitrogens with zero attached hydrogens (tertiary/aromatic N) is 1. The van der Waals surface area contributed by atoms with Gasteiger partial charge in [-0.1, -0.05) is 0 Å². The van der Waals surface area contributed by atoms with Crippen LogP contribution in [-0.2, 0) is 19.1 Å². The molecule has 0 aliphatic carbocycles. The lowest BCUT2D eigenvalue weighted by atomic mass is 10.0. The van der Waals surface area contributed by atoms with Crippen molar-refractivity contribution in [3.63, 3.8) is 0 Å². The van der Waals surface area contributed by atoms with Crippen molar-refractivity contribution in [3.05, 3.63) is 16.1 Å². The third kappa shape index (κ3) is 5.26. The third-order valence-corrected chi connectivity index (χ3v) is 3.20. The van der Waals surface area contributed by atoms with Gasteiger partial charge < -0.3 is 14.3 Å². The Kier molecular flexibility index (Phi) is 6.02. The zero-order valence-corrected chi connectivity index (χ0v) is 13.4. The van der Waals surface area contributed by atoms with Gasteiger partial charge in [0.05, 0.1) is 12.3 Å². The average molecular weight is 313 g/mol. The lowest BCUT2D eigenvalue weighted by Gasteiger charge is -2.18. The van der Waals surface area contributed by atoms with E-state index in [9.17, 15) is 14.4 Å². The monoisotopic (exact) mass is 313 g/mol. The van der Waals surface area contributed by atoms with Crippen molar-refractivity contribution < 1.29 is 23.9 Å². The fraction of sp³-hybridized carbons (Fsp3) is 0.571. The van der Waals surface area contributed by atoms with E-state index in [1.165, 1.54) is 0 Å². The first-order valence-electron chi connectivity index (χ1n) is 6.57. The van der Waals surface area contributed by atoms with Gasteiger partial charge in [-0.3, -0.25) is 4.79 Å². The van der Waals surface area contributed by atoms with Crippen LogP contribution in [-0.4, -0.2) is 35.4 Å². The van der Waals surface area contributed by atoms with Crippen LogP contribution in [0.25, 0.3) is 0 Å². The molecule has 1 aromatic rings. The van der Waals surface area contributed by atoms with Crippen molar-refractivity contribution in [2.24, 2.45) is 0 Å². The van der Waals surface area contributed by atoms with Crippen molar-refractivity contribution in [2.45, 2.75) is 45.6 Å². The molecule has 1 aromatic heterocycles. The van der Waals surface area contributed by atoms with E-state index in [-0.39, 0.29) is 18.0 Å². The van der Waals surface area contributed by atoms with E-state index in [0.717, 1.165) is 11.3 Å². The SMILES string of the molecule is CCOC(=O)C(CC=O)c1csc(C(=O)OC(C)(C)C)n1. The van der Waals surface area contributed by atoms with Crippen LogP contribution in [0.4, 0.5) is 0 Å². The molecule has 1 rings (SSSR count). The molecule has 0 N–H and O–H groups in total. The summed E-state index contributed by atoms with van der Waals surface area (Å²) in [7, 11) is 0. The molecule has 0 aliphatic rings. The van der Waals surface area contributed by atoms with Crippen LogP contribution >= 0.6 is 11.3 Å². The number of esters is 2. The third-order valence-electron chi connectivity index (χ3n) is 2.36. The van der Waals surface area contributed by atoms with Crippen LogP contribution < -0.4 is 0 Å². The van der Waals surface area contributed by atoms with Gasteiger partial charge in [0.15, 0.2) is 0 Å². The van der Waals surface area contributed by atoms with Gasteiger partial charge in [0.1, 0.15) is 17.8 Å². The minimum Gasteiger partial charge on any atom is -0.465 e. The number of carbonyl (C=O) groups excluding carboxylic acids is 3. The predicted octanol–water partition coefficient (Wildman–Crippen LogP) is 2.33. The summed E-state index contributed by atoms with van der Waals surface area (Å²) in [6, 6.07) is 0. The molecule has 0 saturated heterocycles. The van der Waals surface area contributed by atoms with Crippen molar-refractivity contribution in [1.82, 2.24) is 4.98 Å². The molecular formula is C14H19NO5S. The van der Waals surface area contributed by atoms with Gasteiger partial charge in [-0.2, -0.15) is 0 Å². The number of thiazole rings is 1. The predicted molar refractivity (Wildman–Crippen MR) is 77.3 cm³/mol. The van der Waals surface area contributed by atoms with Crippen molar-refractivity contribution in [1.29, 1.82) is 0 Å². The fourth-order valence-electron chi connectivity index (χ4n) is 1.54. The summed E-state index contributed by atoms with van der Waals surface area (Å²) in [5.74, 6) is -1.85. The van der Waals surface area contributed by atoms with Crippen LogP contribution in [0, 0.1) is 0 Å². The van der Waals surface area contributed by atoms with Gasteiger partial charge in [-0.05, 0) is 27.7 Å². The molecule has 0 radical (unpaired) electrons. The number of aromatic nitrogens is 1. The number of carbonyl (C=O) groups is 3. The molecule has 1 heterocycles. The van der Waals surface area contributed by atoms with E-state index in [2.05, 4.69) is 4.98 Å².